The van der Waals surface area contributed by atoms with Crippen molar-refractivity contribution < 1.29 is 96.0 Å². The highest BCUT2D eigenvalue weighted by atomic mass is 32.3. The molecule has 3 aromatic rings. The molecule has 0 amide bonds. The summed E-state index contributed by atoms with van der Waals surface area (Å²) in [6.45, 7) is -1.67. The van der Waals surface area contributed by atoms with E-state index < -0.39 is 90.8 Å². The van der Waals surface area contributed by atoms with Crippen LogP contribution in [0, 0.1) is 0 Å². The van der Waals surface area contributed by atoms with Gasteiger partial charge in [0.1, 0.15) is 59.6 Å². The van der Waals surface area contributed by atoms with Crippen molar-refractivity contribution in [3.63, 3.8) is 0 Å². The molecule has 276 valence electrons. The number of fused-ring (bicyclic) bond motifs is 1. The minimum absolute atomic E-state index is 0.0909. The molecule has 0 spiro atoms. The number of aliphatic hydroxyl groups excluding tert-OH is 7. The van der Waals surface area contributed by atoms with Gasteiger partial charge in [-0.15, -0.1) is 0 Å². The first kappa shape index (κ1) is 37.4. The predicted molar refractivity (Wildman–Crippen MR) is 162 cm³/mol. The topological polar surface area (TPSA) is 312 Å². The number of hydrogen-bond acceptors (Lipinski definition) is 18. The Hall–Kier alpha value is -3.84. The molecule has 10 atom stereocenters. The van der Waals surface area contributed by atoms with Crippen LogP contribution in [0.15, 0.2) is 34.7 Å². The summed E-state index contributed by atoms with van der Waals surface area (Å²) in [6, 6.07) is 5.91. The molecule has 0 bridgehead atoms. The lowest BCUT2D eigenvalue weighted by Crippen LogP contribution is -2.61. The van der Waals surface area contributed by atoms with Crippen molar-refractivity contribution >= 4 is 21.4 Å². The Morgan fingerprint density at radius 1 is 0.720 bits per heavy atom. The Morgan fingerprint density at radius 2 is 1.28 bits per heavy atom. The van der Waals surface area contributed by atoms with Crippen molar-refractivity contribution in [3.8, 4) is 45.8 Å². The summed E-state index contributed by atoms with van der Waals surface area (Å²) >= 11 is 0. The van der Waals surface area contributed by atoms with Gasteiger partial charge in [-0.05, 0) is 0 Å². The van der Waals surface area contributed by atoms with Gasteiger partial charge in [-0.3, -0.25) is 4.55 Å². The molecule has 2 saturated heterocycles. The van der Waals surface area contributed by atoms with E-state index in [1.807, 2.05) is 0 Å². The van der Waals surface area contributed by atoms with Gasteiger partial charge in [-0.2, -0.15) is 8.42 Å². The molecule has 2 aromatic carbocycles. The number of ether oxygens (including phenoxy) is 6. The second-order valence-corrected chi connectivity index (χ2v) is 12.2. The average molecular weight is 736 g/mol. The van der Waals surface area contributed by atoms with E-state index in [0.29, 0.717) is 0 Å². The van der Waals surface area contributed by atoms with Gasteiger partial charge in [0.2, 0.25) is 24.1 Å². The molecule has 21 heteroatoms. The monoisotopic (exact) mass is 735 g/mol. The lowest BCUT2D eigenvalue weighted by Gasteiger charge is -2.40. The smallest absolute Gasteiger partial charge is 0.402 e. The number of aromatic hydroxyl groups is 2. The largest absolute Gasteiger partial charge is 0.507 e. The van der Waals surface area contributed by atoms with E-state index in [9.17, 15) is 58.9 Å². The first-order chi connectivity index (χ1) is 23.6. The first-order valence-corrected chi connectivity index (χ1v) is 16.0. The summed E-state index contributed by atoms with van der Waals surface area (Å²) in [6.07, 6.45) is -18.3. The van der Waals surface area contributed by atoms with Crippen molar-refractivity contribution in [3.05, 3.63) is 30.3 Å². The van der Waals surface area contributed by atoms with Crippen molar-refractivity contribution in [2.24, 2.45) is 0 Å². The number of phenolic OH excluding ortho intramolecular Hbond substituents is 2. The van der Waals surface area contributed by atoms with Crippen molar-refractivity contribution in [2.75, 3.05) is 27.4 Å². The van der Waals surface area contributed by atoms with Crippen LogP contribution in [0.2, 0.25) is 0 Å². The van der Waals surface area contributed by atoms with Crippen molar-refractivity contribution in [2.45, 2.75) is 61.4 Å². The maximum Gasteiger partial charge on any atom is 0.402 e. The Kier molecular flexibility index (Phi) is 11.1. The second-order valence-electron chi connectivity index (χ2n) is 11.2. The molecule has 20 nitrogen and oxygen atoms in total. The van der Waals surface area contributed by atoms with E-state index >= 15 is 0 Å². The molecule has 2 aliphatic heterocycles. The van der Waals surface area contributed by atoms with E-state index in [1.54, 1.807) is 0 Å². The fourth-order valence-electron chi connectivity index (χ4n) is 5.39. The summed E-state index contributed by atoms with van der Waals surface area (Å²) in [5.41, 5.74) is -0.0755. The van der Waals surface area contributed by atoms with Crippen molar-refractivity contribution in [1.29, 1.82) is 0 Å². The van der Waals surface area contributed by atoms with E-state index in [2.05, 4.69) is 4.18 Å². The minimum Gasteiger partial charge on any atom is -0.507 e. The number of benzene rings is 2. The van der Waals surface area contributed by atoms with Gasteiger partial charge in [-0.1, -0.05) is 0 Å². The highest BCUT2D eigenvalue weighted by Gasteiger charge is 2.49. The molecule has 2 aliphatic rings. The van der Waals surface area contributed by atoms with E-state index in [0.717, 1.165) is 12.1 Å². The zero-order valence-corrected chi connectivity index (χ0v) is 26.9. The quantitative estimate of drug-likeness (QED) is 0.0751. The molecule has 3 heterocycles. The Balaban J connectivity index is 1.68. The number of aliphatic hydroxyl groups is 7. The summed E-state index contributed by atoms with van der Waals surface area (Å²) in [5.74, 6) is -1.98. The van der Waals surface area contributed by atoms with Gasteiger partial charge in [0, 0.05) is 24.3 Å². The van der Waals surface area contributed by atoms with E-state index in [1.165, 1.54) is 32.4 Å². The van der Waals surface area contributed by atoms with Crippen molar-refractivity contribution in [1.82, 2.24) is 0 Å². The number of methoxy groups -OCH3 is 2. The molecule has 10 N–H and O–H groups in total. The summed E-state index contributed by atoms with van der Waals surface area (Å²) in [7, 11) is -2.78. The summed E-state index contributed by atoms with van der Waals surface area (Å²) in [4.78, 5) is 0. The lowest BCUT2D eigenvalue weighted by atomic mass is 9.99. The summed E-state index contributed by atoms with van der Waals surface area (Å²) < 4.78 is 76.2. The highest BCUT2D eigenvalue weighted by molar-refractivity contribution is 7.80. The Labute approximate surface area is 282 Å². The predicted octanol–water partition coefficient (Wildman–Crippen LogP) is -2.01. The standard InChI is InChI=1S/C29H34O20S/c1-42-15-3-10(4-16(43-2)20(15)33)26-17(46-28-25(38)23(36)21(34)18(8-30)47-28)7-12-13(44-26)5-11(32)6-14(12)45-29-27(49-50(39,40)41)24(37)22(35)19(9-31)48-29/h3-7,18-19,21-25,27-31,34-38H,8-9H2,1-2H3,(H2-,32,33,39,40,41)/p+1. The van der Waals surface area contributed by atoms with Gasteiger partial charge in [0.15, 0.2) is 17.6 Å². The van der Waals surface area contributed by atoms with Crippen LogP contribution in [-0.4, -0.2) is 148 Å². The molecular weight excluding hydrogens is 700 g/mol. The second kappa shape index (κ2) is 14.8. The van der Waals surface area contributed by atoms with Crippen LogP contribution in [0.1, 0.15) is 0 Å². The van der Waals surface area contributed by atoms with Crippen LogP contribution < -0.4 is 18.9 Å². The number of phenols is 2. The van der Waals surface area contributed by atoms with Gasteiger partial charge < -0.3 is 74.4 Å². The summed E-state index contributed by atoms with van der Waals surface area (Å²) in [5, 5.41) is 92.5. The van der Waals surface area contributed by atoms with E-state index in [-0.39, 0.29) is 51.0 Å². The average Bonchev–Trinajstić information content (AvgIpc) is 3.07. The third kappa shape index (κ3) is 7.44. The van der Waals surface area contributed by atoms with Gasteiger partial charge in [0.05, 0.1) is 39.1 Å². The lowest BCUT2D eigenvalue weighted by molar-refractivity contribution is -0.277. The van der Waals surface area contributed by atoms with Crippen LogP contribution >= 0.6 is 0 Å². The Bertz CT molecular complexity index is 1760. The van der Waals surface area contributed by atoms with Crippen LogP contribution in [0.5, 0.6) is 34.5 Å². The zero-order chi connectivity index (χ0) is 36.7. The first-order valence-electron chi connectivity index (χ1n) is 14.6. The number of hydrogen-bond donors (Lipinski definition) is 10. The zero-order valence-electron chi connectivity index (χ0n) is 26.0. The normalized spacial score (nSPS) is 30.2. The third-order valence-electron chi connectivity index (χ3n) is 7.93. The highest BCUT2D eigenvalue weighted by Crippen LogP contribution is 2.46. The molecule has 2 fully saturated rings. The fourth-order valence-corrected chi connectivity index (χ4v) is 5.88. The van der Waals surface area contributed by atoms with Crippen LogP contribution in [0.4, 0.5) is 0 Å². The van der Waals surface area contributed by atoms with E-state index in [4.69, 9.17) is 32.8 Å². The molecule has 10 unspecified atom stereocenters. The third-order valence-corrected chi connectivity index (χ3v) is 8.40. The van der Waals surface area contributed by atoms with Gasteiger partial charge in [-0.25, -0.2) is 8.60 Å². The Morgan fingerprint density at radius 3 is 1.84 bits per heavy atom. The van der Waals surface area contributed by atoms with Gasteiger partial charge in [0.25, 0.3) is 0 Å². The van der Waals surface area contributed by atoms with Gasteiger partial charge >= 0.3 is 21.7 Å². The molecule has 50 heavy (non-hydrogen) atoms. The van der Waals surface area contributed by atoms with Crippen LogP contribution in [-0.2, 0) is 24.1 Å². The molecule has 0 aliphatic carbocycles. The molecule has 5 rings (SSSR count). The molecule has 1 aromatic heterocycles. The fraction of sp³-hybridized carbons (Fsp3) is 0.483. The SMILES string of the molecule is COc1cc(-c2[o+]c3cc(O)cc(OC4OC(CO)C(O)C(O)C4OS(=O)(=O)O)c3cc2OC2OC(CO)C(O)C(O)C2O)cc(OC)c1O. The molecule has 0 radical (unpaired) electrons. The van der Waals surface area contributed by atoms with Crippen LogP contribution in [0.25, 0.3) is 22.3 Å². The minimum atomic E-state index is -5.29. The maximum atomic E-state index is 11.6. The maximum absolute atomic E-state index is 11.6. The molecule has 0 saturated carbocycles. The molecular formula is C29H35O20S+. The number of rotatable bonds is 11. The van der Waals surface area contributed by atoms with Crippen LogP contribution in [0.3, 0.4) is 0 Å².